The molecule has 0 aromatic carbocycles. The van der Waals surface area contributed by atoms with Crippen LogP contribution in [-0.2, 0) is 0 Å². The van der Waals surface area contributed by atoms with Gasteiger partial charge in [0, 0.05) is 36.3 Å². The van der Waals surface area contributed by atoms with E-state index in [0.29, 0.717) is 5.56 Å². The summed E-state index contributed by atoms with van der Waals surface area (Å²) in [7, 11) is 0. The number of likely N-dealkylation sites (tertiary alicyclic amines) is 1. The zero-order valence-corrected chi connectivity index (χ0v) is 10.4. The monoisotopic (exact) mass is 257 g/mol. The van der Waals surface area contributed by atoms with Gasteiger partial charge in [-0.1, -0.05) is 0 Å². The first-order chi connectivity index (χ1) is 9.25. The number of hydrogen-bond acceptors (Lipinski definition) is 2. The summed E-state index contributed by atoms with van der Waals surface area (Å²) in [6, 6.07) is 7.01. The average molecular weight is 257 g/mol. The zero-order chi connectivity index (χ0) is 13.2. The number of nitrogens with zero attached hydrogens (tertiary/aromatic N) is 1. The Kier molecular flexibility index (Phi) is 2.95. The molecule has 1 atom stereocenters. The molecule has 2 aromatic rings. The molecule has 2 N–H and O–H groups in total. The molecule has 1 unspecified atom stereocenters. The lowest BCUT2D eigenvalue weighted by atomic mass is 10.1. The summed E-state index contributed by atoms with van der Waals surface area (Å²) in [5.74, 6) is -0.0804. The van der Waals surface area contributed by atoms with E-state index in [1.165, 1.54) is 12.3 Å². The SMILES string of the molecule is O=C(c1cc[nH]c(=O)c1)N1CCCC1c1ccc[nH]1. The zero-order valence-electron chi connectivity index (χ0n) is 10.4. The van der Waals surface area contributed by atoms with Crippen LogP contribution in [0.5, 0.6) is 0 Å². The number of aromatic amines is 2. The third-order valence-corrected chi connectivity index (χ3v) is 3.52. The molecule has 0 radical (unpaired) electrons. The smallest absolute Gasteiger partial charge is 0.254 e. The standard InChI is InChI=1S/C14H15N3O2/c18-13-9-10(5-7-16-13)14(19)17-8-2-4-12(17)11-3-1-6-15-11/h1,3,5-7,9,12,15H,2,4,8H2,(H,16,18). The van der Waals surface area contributed by atoms with Crippen molar-refractivity contribution in [2.24, 2.45) is 0 Å². The van der Waals surface area contributed by atoms with E-state index in [1.54, 1.807) is 6.07 Å². The van der Waals surface area contributed by atoms with E-state index in [2.05, 4.69) is 9.97 Å². The number of pyridine rings is 1. The average Bonchev–Trinajstić information content (AvgIpc) is 3.08. The molecule has 1 saturated heterocycles. The Balaban J connectivity index is 1.89. The van der Waals surface area contributed by atoms with Crippen molar-refractivity contribution in [3.63, 3.8) is 0 Å². The number of rotatable bonds is 2. The van der Waals surface area contributed by atoms with Crippen molar-refractivity contribution in [3.8, 4) is 0 Å². The maximum absolute atomic E-state index is 12.5. The van der Waals surface area contributed by atoms with Crippen molar-refractivity contribution >= 4 is 5.91 Å². The van der Waals surface area contributed by atoms with Gasteiger partial charge < -0.3 is 14.9 Å². The predicted molar refractivity (Wildman–Crippen MR) is 70.9 cm³/mol. The normalized spacial score (nSPS) is 18.7. The van der Waals surface area contributed by atoms with Crippen LogP contribution in [0.15, 0.2) is 41.5 Å². The molecule has 2 aromatic heterocycles. The van der Waals surface area contributed by atoms with E-state index < -0.39 is 0 Å². The second kappa shape index (κ2) is 4.76. The second-order valence-electron chi connectivity index (χ2n) is 4.72. The molecule has 0 spiro atoms. The lowest BCUT2D eigenvalue weighted by molar-refractivity contribution is 0.0733. The summed E-state index contributed by atoms with van der Waals surface area (Å²) in [5, 5.41) is 0. The molecule has 0 saturated carbocycles. The molecule has 1 aliphatic rings. The quantitative estimate of drug-likeness (QED) is 0.859. The number of H-pyrrole nitrogens is 2. The molecule has 0 bridgehead atoms. The summed E-state index contributed by atoms with van der Waals surface area (Å²) < 4.78 is 0. The highest BCUT2D eigenvalue weighted by Crippen LogP contribution is 2.31. The van der Waals surface area contributed by atoms with Gasteiger partial charge in [-0.15, -0.1) is 0 Å². The van der Waals surface area contributed by atoms with Gasteiger partial charge in [-0.3, -0.25) is 9.59 Å². The highest BCUT2D eigenvalue weighted by atomic mass is 16.2. The summed E-state index contributed by atoms with van der Waals surface area (Å²) in [6.07, 6.45) is 5.31. The minimum absolute atomic E-state index is 0.0804. The lowest BCUT2D eigenvalue weighted by Crippen LogP contribution is -2.31. The maximum atomic E-state index is 12.5. The van der Waals surface area contributed by atoms with Crippen LogP contribution in [0.1, 0.15) is 34.9 Å². The summed E-state index contributed by atoms with van der Waals surface area (Å²) in [4.78, 5) is 31.3. The van der Waals surface area contributed by atoms with E-state index in [-0.39, 0.29) is 17.5 Å². The molecule has 19 heavy (non-hydrogen) atoms. The third-order valence-electron chi connectivity index (χ3n) is 3.52. The van der Waals surface area contributed by atoms with Crippen molar-refractivity contribution in [1.82, 2.24) is 14.9 Å². The minimum atomic E-state index is -0.249. The number of aromatic nitrogens is 2. The van der Waals surface area contributed by atoms with E-state index in [9.17, 15) is 9.59 Å². The Morgan fingerprint density at radius 1 is 1.26 bits per heavy atom. The Morgan fingerprint density at radius 3 is 2.89 bits per heavy atom. The Morgan fingerprint density at radius 2 is 2.16 bits per heavy atom. The highest BCUT2D eigenvalue weighted by Gasteiger charge is 2.31. The number of carbonyl (C=O) groups excluding carboxylic acids is 1. The Bertz CT molecular complexity index is 630. The van der Waals surface area contributed by atoms with Crippen LogP contribution in [0.2, 0.25) is 0 Å². The van der Waals surface area contributed by atoms with Gasteiger partial charge >= 0.3 is 0 Å². The van der Waals surface area contributed by atoms with Crippen molar-refractivity contribution in [3.05, 3.63) is 58.3 Å². The van der Waals surface area contributed by atoms with Gasteiger partial charge in [-0.25, -0.2) is 0 Å². The van der Waals surface area contributed by atoms with Crippen LogP contribution in [0, 0.1) is 0 Å². The molecule has 1 amide bonds. The van der Waals surface area contributed by atoms with Crippen molar-refractivity contribution in [1.29, 1.82) is 0 Å². The van der Waals surface area contributed by atoms with Crippen LogP contribution >= 0.6 is 0 Å². The molecule has 1 aliphatic heterocycles. The van der Waals surface area contributed by atoms with E-state index in [4.69, 9.17) is 0 Å². The van der Waals surface area contributed by atoms with Crippen LogP contribution in [0.25, 0.3) is 0 Å². The number of carbonyl (C=O) groups is 1. The van der Waals surface area contributed by atoms with Crippen LogP contribution in [0.3, 0.4) is 0 Å². The van der Waals surface area contributed by atoms with Gasteiger partial charge in [0.2, 0.25) is 5.56 Å². The van der Waals surface area contributed by atoms with Gasteiger partial charge in [-0.2, -0.15) is 0 Å². The fraction of sp³-hybridized carbons (Fsp3) is 0.286. The molecular weight excluding hydrogens is 242 g/mol. The molecule has 3 heterocycles. The Hall–Kier alpha value is -2.30. The van der Waals surface area contributed by atoms with Gasteiger partial charge in [0.1, 0.15) is 0 Å². The third kappa shape index (κ3) is 2.19. The van der Waals surface area contributed by atoms with Crippen molar-refractivity contribution in [2.45, 2.75) is 18.9 Å². The van der Waals surface area contributed by atoms with Gasteiger partial charge in [0.15, 0.2) is 0 Å². The first kappa shape index (κ1) is 11.8. The van der Waals surface area contributed by atoms with Crippen LogP contribution in [0.4, 0.5) is 0 Å². The van der Waals surface area contributed by atoms with E-state index in [1.807, 2.05) is 23.2 Å². The van der Waals surface area contributed by atoms with Gasteiger partial charge in [-0.05, 0) is 31.0 Å². The topological polar surface area (TPSA) is 69.0 Å². The van der Waals surface area contributed by atoms with Gasteiger partial charge in [0.25, 0.3) is 5.91 Å². The fourth-order valence-electron chi connectivity index (χ4n) is 2.63. The molecule has 5 nitrogen and oxygen atoms in total. The first-order valence-electron chi connectivity index (χ1n) is 6.39. The molecule has 0 aliphatic carbocycles. The van der Waals surface area contributed by atoms with Crippen molar-refractivity contribution < 1.29 is 4.79 Å². The maximum Gasteiger partial charge on any atom is 0.254 e. The Labute approximate surface area is 110 Å². The lowest BCUT2D eigenvalue weighted by Gasteiger charge is -2.24. The highest BCUT2D eigenvalue weighted by molar-refractivity contribution is 5.94. The van der Waals surface area contributed by atoms with Crippen LogP contribution < -0.4 is 5.56 Å². The van der Waals surface area contributed by atoms with Crippen molar-refractivity contribution in [2.75, 3.05) is 6.54 Å². The molecule has 98 valence electrons. The van der Waals surface area contributed by atoms with E-state index in [0.717, 1.165) is 25.1 Å². The number of amides is 1. The molecule has 1 fully saturated rings. The van der Waals surface area contributed by atoms with Crippen LogP contribution in [-0.4, -0.2) is 27.3 Å². The minimum Gasteiger partial charge on any atom is -0.363 e. The molecular formula is C14H15N3O2. The first-order valence-corrected chi connectivity index (χ1v) is 6.39. The summed E-state index contributed by atoms with van der Waals surface area (Å²) in [6.45, 7) is 0.731. The second-order valence-corrected chi connectivity index (χ2v) is 4.72. The summed E-state index contributed by atoms with van der Waals surface area (Å²) >= 11 is 0. The molecule has 5 heteroatoms. The fourth-order valence-corrected chi connectivity index (χ4v) is 2.63. The predicted octanol–water partition coefficient (Wildman–Crippen LogP) is 1.68. The molecule has 3 rings (SSSR count). The summed E-state index contributed by atoms with van der Waals surface area (Å²) in [5.41, 5.74) is 1.25. The number of hydrogen-bond donors (Lipinski definition) is 2. The van der Waals surface area contributed by atoms with Gasteiger partial charge in [0.05, 0.1) is 6.04 Å². The largest absolute Gasteiger partial charge is 0.363 e. The number of nitrogens with one attached hydrogen (secondary N) is 2. The van der Waals surface area contributed by atoms with E-state index >= 15 is 0 Å².